The molecule has 0 fully saturated rings. The first-order chi connectivity index (χ1) is 13.4. The van der Waals surface area contributed by atoms with Crippen LogP contribution in [-0.2, 0) is 6.18 Å². The van der Waals surface area contributed by atoms with Gasteiger partial charge in [-0.15, -0.1) is 11.3 Å². The fourth-order valence-corrected chi connectivity index (χ4v) is 3.30. The largest absolute Gasteiger partial charge is 0.457 e. The van der Waals surface area contributed by atoms with Crippen LogP contribution in [-0.4, -0.2) is 4.98 Å². The number of rotatable bonds is 4. The molecule has 142 valence electrons. The molecular weight excluding hydrogens is 393 g/mol. The smallest absolute Gasteiger partial charge is 0.425 e. The Labute approximate surface area is 160 Å². The Balaban J connectivity index is 1.55. The summed E-state index contributed by atoms with van der Waals surface area (Å²) in [4.78, 5) is 15.0. The van der Waals surface area contributed by atoms with E-state index in [-0.39, 0.29) is 16.2 Å². The highest BCUT2D eigenvalue weighted by atomic mass is 32.1. The molecule has 2 heterocycles. The Hall–Kier alpha value is -3.33. The number of nitrogens with one attached hydrogen (secondary N) is 1. The van der Waals surface area contributed by atoms with E-state index in [1.165, 1.54) is 0 Å². The number of hydrogen-bond donors (Lipinski definition) is 1. The van der Waals surface area contributed by atoms with Crippen LogP contribution in [0.1, 0.15) is 4.88 Å². The van der Waals surface area contributed by atoms with E-state index in [1.54, 1.807) is 24.3 Å². The van der Waals surface area contributed by atoms with E-state index in [2.05, 4.69) is 10.3 Å². The number of thiophene rings is 1. The molecule has 0 aliphatic heterocycles. The quantitative estimate of drug-likeness (QED) is 0.465. The van der Waals surface area contributed by atoms with E-state index in [9.17, 15) is 18.0 Å². The summed E-state index contributed by atoms with van der Waals surface area (Å²) in [6, 6.07) is 16.5. The molecular formula is C19H11F3N2O3S. The second-order valence-electron chi connectivity index (χ2n) is 5.70. The van der Waals surface area contributed by atoms with Crippen LogP contribution in [0.15, 0.2) is 69.9 Å². The van der Waals surface area contributed by atoms with Crippen LogP contribution in [0.3, 0.4) is 0 Å². The predicted molar refractivity (Wildman–Crippen MR) is 99.4 cm³/mol. The molecule has 9 heteroatoms. The SMILES string of the molecule is O=c1oc(Nc2ccc(Oc3ccccc3)cc2)nc2sc(C(F)(F)F)cc12. The summed E-state index contributed by atoms with van der Waals surface area (Å²) < 4.78 is 49.1. The summed E-state index contributed by atoms with van der Waals surface area (Å²) in [5, 5.41) is 2.57. The first-order valence-electron chi connectivity index (χ1n) is 8.00. The second-order valence-corrected chi connectivity index (χ2v) is 6.73. The molecule has 0 spiro atoms. The minimum atomic E-state index is -4.54. The number of anilines is 2. The van der Waals surface area contributed by atoms with Crippen molar-refractivity contribution in [2.24, 2.45) is 0 Å². The van der Waals surface area contributed by atoms with Crippen LogP contribution in [0, 0.1) is 0 Å². The summed E-state index contributed by atoms with van der Waals surface area (Å²) in [5.41, 5.74) is -0.355. The minimum Gasteiger partial charge on any atom is -0.457 e. The molecule has 0 unspecified atom stereocenters. The van der Waals surface area contributed by atoms with Crippen molar-refractivity contribution in [1.82, 2.24) is 4.98 Å². The number of hydrogen-bond acceptors (Lipinski definition) is 6. The molecule has 4 aromatic rings. The van der Waals surface area contributed by atoms with Crippen molar-refractivity contribution in [2.45, 2.75) is 6.18 Å². The summed E-state index contributed by atoms with van der Waals surface area (Å²) in [6.07, 6.45) is -4.54. The van der Waals surface area contributed by atoms with E-state index in [4.69, 9.17) is 9.15 Å². The zero-order chi connectivity index (χ0) is 19.7. The Morgan fingerprint density at radius 1 is 1.00 bits per heavy atom. The first-order valence-corrected chi connectivity index (χ1v) is 8.82. The number of benzene rings is 2. The lowest BCUT2D eigenvalue weighted by Gasteiger charge is -2.07. The fourth-order valence-electron chi connectivity index (χ4n) is 2.42. The van der Waals surface area contributed by atoms with Crippen LogP contribution in [0.25, 0.3) is 10.2 Å². The number of alkyl halides is 3. The van der Waals surface area contributed by atoms with E-state index >= 15 is 0 Å². The van der Waals surface area contributed by atoms with Crippen LogP contribution < -0.4 is 15.7 Å². The number of para-hydroxylation sites is 1. The third kappa shape index (κ3) is 3.84. The van der Waals surface area contributed by atoms with Crippen LogP contribution in [0.5, 0.6) is 11.5 Å². The molecule has 0 saturated heterocycles. The van der Waals surface area contributed by atoms with E-state index in [0.717, 1.165) is 6.07 Å². The lowest BCUT2D eigenvalue weighted by Crippen LogP contribution is -2.04. The van der Waals surface area contributed by atoms with Gasteiger partial charge >= 0.3 is 17.8 Å². The maximum atomic E-state index is 12.8. The minimum absolute atomic E-state index is 0.0462. The summed E-state index contributed by atoms with van der Waals surface area (Å²) >= 11 is 0.391. The van der Waals surface area contributed by atoms with Crippen LogP contribution >= 0.6 is 11.3 Å². The van der Waals surface area contributed by atoms with E-state index in [0.29, 0.717) is 28.5 Å². The molecule has 2 aromatic heterocycles. The highest BCUT2D eigenvalue weighted by molar-refractivity contribution is 7.18. The zero-order valence-corrected chi connectivity index (χ0v) is 14.8. The highest BCUT2D eigenvalue weighted by Gasteiger charge is 2.33. The molecule has 0 amide bonds. The van der Waals surface area contributed by atoms with Crippen molar-refractivity contribution in [3.05, 3.63) is 76.0 Å². The second kappa shape index (κ2) is 7.01. The zero-order valence-electron chi connectivity index (χ0n) is 14.0. The Morgan fingerprint density at radius 2 is 1.68 bits per heavy atom. The summed E-state index contributed by atoms with van der Waals surface area (Å²) in [5.74, 6) is 1.27. The molecule has 0 aliphatic rings. The summed E-state index contributed by atoms with van der Waals surface area (Å²) in [6.45, 7) is 0. The average Bonchev–Trinajstić information content (AvgIpc) is 3.10. The first kappa shape index (κ1) is 18.1. The monoisotopic (exact) mass is 404 g/mol. The molecule has 0 bridgehead atoms. The fraction of sp³-hybridized carbons (Fsp3) is 0.0526. The maximum absolute atomic E-state index is 12.8. The van der Waals surface area contributed by atoms with Gasteiger partial charge in [-0.25, -0.2) is 4.79 Å². The lowest BCUT2D eigenvalue weighted by molar-refractivity contribution is -0.134. The Morgan fingerprint density at radius 3 is 2.36 bits per heavy atom. The van der Waals surface area contributed by atoms with Gasteiger partial charge in [0.1, 0.15) is 21.2 Å². The van der Waals surface area contributed by atoms with Crippen molar-refractivity contribution in [3.63, 3.8) is 0 Å². The molecule has 28 heavy (non-hydrogen) atoms. The number of aromatic nitrogens is 1. The highest BCUT2D eigenvalue weighted by Crippen LogP contribution is 2.37. The number of halogens is 3. The van der Waals surface area contributed by atoms with Gasteiger partial charge in [0.2, 0.25) is 0 Å². The van der Waals surface area contributed by atoms with Crippen molar-refractivity contribution < 1.29 is 22.3 Å². The number of nitrogens with zero attached hydrogens (tertiary/aromatic N) is 1. The molecule has 1 N–H and O–H groups in total. The van der Waals surface area contributed by atoms with Crippen molar-refractivity contribution in [1.29, 1.82) is 0 Å². The molecule has 0 radical (unpaired) electrons. The topological polar surface area (TPSA) is 64.4 Å². The van der Waals surface area contributed by atoms with Crippen molar-refractivity contribution in [2.75, 3.05) is 5.32 Å². The van der Waals surface area contributed by atoms with Gasteiger partial charge in [-0.2, -0.15) is 18.2 Å². The van der Waals surface area contributed by atoms with Gasteiger partial charge in [-0.05, 0) is 42.5 Å². The van der Waals surface area contributed by atoms with Crippen LogP contribution in [0.4, 0.5) is 24.9 Å². The van der Waals surface area contributed by atoms with Gasteiger partial charge in [0.15, 0.2) is 0 Å². The maximum Gasteiger partial charge on any atom is 0.425 e. The van der Waals surface area contributed by atoms with Crippen molar-refractivity contribution >= 4 is 33.3 Å². The van der Waals surface area contributed by atoms with Gasteiger partial charge < -0.3 is 14.5 Å². The summed E-state index contributed by atoms with van der Waals surface area (Å²) in [7, 11) is 0. The molecule has 2 aromatic carbocycles. The van der Waals surface area contributed by atoms with Gasteiger partial charge in [0.25, 0.3) is 0 Å². The van der Waals surface area contributed by atoms with Gasteiger partial charge in [0.05, 0.1) is 5.39 Å². The van der Waals surface area contributed by atoms with Gasteiger partial charge in [0, 0.05) is 5.69 Å². The predicted octanol–water partition coefficient (Wildman–Crippen LogP) is 5.80. The molecule has 0 saturated carbocycles. The van der Waals surface area contributed by atoms with Crippen molar-refractivity contribution in [3.8, 4) is 11.5 Å². The normalized spacial score (nSPS) is 11.5. The third-order valence-corrected chi connectivity index (χ3v) is 4.76. The van der Waals surface area contributed by atoms with Gasteiger partial charge in [-0.3, -0.25) is 0 Å². The molecule has 5 nitrogen and oxygen atoms in total. The molecule has 0 aliphatic carbocycles. The molecule has 4 rings (SSSR count). The van der Waals surface area contributed by atoms with E-state index in [1.807, 2.05) is 30.3 Å². The van der Waals surface area contributed by atoms with Crippen LogP contribution in [0.2, 0.25) is 0 Å². The Kier molecular flexibility index (Phi) is 4.52. The van der Waals surface area contributed by atoms with Gasteiger partial charge in [-0.1, -0.05) is 18.2 Å². The number of ether oxygens (including phenoxy) is 1. The lowest BCUT2D eigenvalue weighted by atomic mass is 10.3. The third-order valence-electron chi connectivity index (χ3n) is 3.69. The van der Waals surface area contributed by atoms with E-state index < -0.39 is 16.7 Å². The standard InChI is InChI=1S/C19H11F3N2O3S/c20-19(21,22)15-10-14-16(28-15)24-18(27-17(14)25)23-11-6-8-13(9-7-11)26-12-4-2-1-3-5-12/h1-10H,(H,23,24). The number of fused-ring (bicyclic) bond motifs is 1. The Bertz CT molecular complexity index is 1170. The molecule has 0 atom stereocenters. The average molecular weight is 404 g/mol.